The zero-order valence-electron chi connectivity index (χ0n) is 18.7. The van der Waals surface area contributed by atoms with E-state index >= 15 is 0 Å². The molecule has 1 atom stereocenters. The molecule has 0 aliphatic carbocycles. The van der Waals surface area contributed by atoms with Crippen molar-refractivity contribution >= 4 is 11.8 Å². The molecule has 0 saturated heterocycles. The third-order valence-corrected chi connectivity index (χ3v) is 4.56. The lowest BCUT2D eigenvalue weighted by molar-refractivity contribution is -0.142. The summed E-state index contributed by atoms with van der Waals surface area (Å²) in [6, 6.07) is 14.4. The molecule has 30 heavy (non-hydrogen) atoms. The Kier molecular flexibility index (Phi) is 7.86. The third kappa shape index (κ3) is 6.79. The molecular weight excluding hydrogens is 380 g/mol. The highest BCUT2D eigenvalue weighted by atomic mass is 16.5. The molecule has 2 aromatic carbocycles. The molecule has 0 saturated carbocycles. The Bertz CT molecular complexity index is 856. The number of methoxy groups -OCH3 is 1. The van der Waals surface area contributed by atoms with Gasteiger partial charge >= 0.3 is 0 Å². The van der Waals surface area contributed by atoms with Gasteiger partial charge < -0.3 is 19.7 Å². The van der Waals surface area contributed by atoms with Gasteiger partial charge in [-0.25, -0.2) is 0 Å². The van der Waals surface area contributed by atoms with Crippen LogP contribution >= 0.6 is 0 Å². The van der Waals surface area contributed by atoms with Gasteiger partial charge in [0, 0.05) is 12.1 Å². The second kappa shape index (κ2) is 10.1. The molecule has 0 radical (unpaired) electrons. The summed E-state index contributed by atoms with van der Waals surface area (Å²) in [5, 5.41) is 2.95. The normalized spacial score (nSPS) is 12.1. The maximum Gasteiger partial charge on any atom is 0.261 e. The number of hydrogen-bond donors (Lipinski definition) is 1. The third-order valence-electron chi connectivity index (χ3n) is 4.56. The minimum absolute atomic E-state index is 0.195. The van der Waals surface area contributed by atoms with Gasteiger partial charge in [0.15, 0.2) is 18.1 Å². The van der Waals surface area contributed by atoms with Gasteiger partial charge in [-0.3, -0.25) is 9.59 Å². The lowest BCUT2D eigenvalue weighted by atomic mass is 10.1. The number of amides is 2. The first-order valence-corrected chi connectivity index (χ1v) is 10.0. The Labute approximate surface area is 179 Å². The van der Waals surface area contributed by atoms with Crippen LogP contribution in [0.4, 0.5) is 0 Å². The van der Waals surface area contributed by atoms with E-state index < -0.39 is 11.6 Å². The lowest BCUT2D eigenvalue weighted by Gasteiger charge is -2.31. The minimum Gasteiger partial charge on any atom is -0.493 e. The van der Waals surface area contributed by atoms with Crippen LogP contribution in [0, 0.1) is 6.92 Å². The molecular formula is C24H32N2O4. The number of nitrogens with zero attached hydrogens (tertiary/aromatic N) is 1. The Morgan fingerprint density at radius 1 is 1.03 bits per heavy atom. The molecule has 2 aromatic rings. The number of carbonyl (C=O) groups excluding carboxylic acids is 2. The zero-order valence-corrected chi connectivity index (χ0v) is 18.7. The standard InChI is InChI=1S/C24H32N2O4/c1-17-11-13-19(14-12-17)15-26(18(2)23(28)25-24(3,4)5)22(27)16-30-21-10-8-7-9-20(21)29-6/h7-14,18H,15-16H2,1-6H3,(H,25,28)/t18-/m1/s1. The maximum atomic E-state index is 13.1. The monoisotopic (exact) mass is 412 g/mol. The van der Waals surface area contributed by atoms with E-state index in [1.807, 2.05) is 64.1 Å². The van der Waals surface area contributed by atoms with Gasteiger partial charge in [-0.15, -0.1) is 0 Å². The highest BCUT2D eigenvalue weighted by Crippen LogP contribution is 2.26. The SMILES string of the molecule is COc1ccccc1OCC(=O)N(Cc1ccc(C)cc1)[C@H](C)C(=O)NC(C)(C)C. The number of nitrogens with one attached hydrogen (secondary N) is 1. The van der Waals surface area contributed by atoms with E-state index in [1.165, 1.54) is 0 Å². The highest BCUT2D eigenvalue weighted by molar-refractivity contribution is 5.88. The molecule has 2 amide bonds. The summed E-state index contributed by atoms with van der Waals surface area (Å²) in [6.07, 6.45) is 0. The quantitative estimate of drug-likeness (QED) is 0.718. The van der Waals surface area contributed by atoms with Crippen LogP contribution in [0.3, 0.4) is 0 Å². The van der Waals surface area contributed by atoms with Gasteiger partial charge in [0.25, 0.3) is 5.91 Å². The fraction of sp³-hybridized carbons (Fsp3) is 0.417. The fourth-order valence-electron chi connectivity index (χ4n) is 2.91. The van der Waals surface area contributed by atoms with Crippen molar-refractivity contribution < 1.29 is 19.1 Å². The first-order chi connectivity index (χ1) is 14.1. The molecule has 2 rings (SSSR count). The van der Waals surface area contributed by atoms with Crippen molar-refractivity contribution in [1.29, 1.82) is 0 Å². The van der Waals surface area contributed by atoms with E-state index in [0.29, 0.717) is 18.0 Å². The van der Waals surface area contributed by atoms with Crippen molar-refractivity contribution in [2.45, 2.75) is 52.7 Å². The highest BCUT2D eigenvalue weighted by Gasteiger charge is 2.28. The van der Waals surface area contributed by atoms with E-state index in [-0.39, 0.29) is 18.4 Å². The lowest BCUT2D eigenvalue weighted by Crippen LogP contribution is -2.53. The van der Waals surface area contributed by atoms with Crippen molar-refractivity contribution in [3.05, 3.63) is 59.7 Å². The molecule has 6 nitrogen and oxygen atoms in total. The summed E-state index contributed by atoms with van der Waals surface area (Å²) in [7, 11) is 1.55. The van der Waals surface area contributed by atoms with Crippen molar-refractivity contribution in [2.75, 3.05) is 13.7 Å². The van der Waals surface area contributed by atoms with E-state index in [9.17, 15) is 9.59 Å². The van der Waals surface area contributed by atoms with Crippen LogP contribution < -0.4 is 14.8 Å². The molecule has 0 heterocycles. The van der Waals surface area contributed by atoms with E-state index in [4.69, 9.17) is 9.47 Å². The average Bonchev–Trinajstić information content (AvgIpc) is 2.70. The van der Waals surface area contributed by atoms with Crippen molar-refractivity contribution in [2.24, 2.45) is 0 Å². The topological polar surface area (TPSA) is 67.9 Å². The largest absolute Gasteiger partial charge is 0.493 e. The zero-order chi connectivity index (χ0) is 22.3. The maximum absolute atomic E-state index is 13.1. The summed E-state index contributed by atoms with van der Waals surface area (Å²) in [4.78, 5) is 27.4. The molecule has 162 valence electrons. The first-order valence-electron chi connectivity index (χ1n) is 10.0. The fourth-order valence-corrected chi connectivity index (χ4v) is 2.91. The molecule has 1 N–H and O–H groups in total. The Morgan fingerprint density at radius 2 is 1.63 bits per heavy atom. The van der Waals surface area contributed by atoms with Gasteiger partial charge in [0.05, 0.1) is 7.11 Å². The van der Waals surface area contributed by atoms with Crippen LogP contribution in [0.2, 0.25) is 0 Å². The number of ether oxygens (including phenoxy) is 2. The van der Waals surface area contributed by atoms with Crippen molar-refractivity contribution in [1.82, 2.24) is 10.2 Å². The first kappa shape index (κ1) is 23.3. The van der Waals surface area contributed by atoms with E-state index in [0.717, 1.165) is 11.1 Å². The Hall–Kier alpha value is -3.02. The predicted molar refractivity (Wildman–Crippen MR) is 118 cm³/mol. The smallest absolute Gasteiger partial charge is 0.261 e. The van der Waals surface area contributed by atoms with Crippen LogP contribution in [-0.2, 0) is 16.1 Å². The number of rotatable bonds is 8. The van der Waals surface area contributed by atoms with Crippen LogP contribution in [-0.4, -0.2) is 42.0 Å². The molecule has 6 heteroatoms. The number of benzene rings is 2. The van der Waals surface area contributed by atoms with Gasteiger partial charge in [-0.1, -0.05) is 42.0 Å². The molecule has 0 aliphatic heterocycles. The van der Waals surface area contributed by atoms with Gasteiger partial charge in [0.2, 0.25) is 5.91 Å². The van der Waals surface area contributed by atoms with Crippen molar-refractivity contribution in [3.63, 3.8) is 0 Å². The van der Waals surface area contributed by atoms with Crippen LogP contribution in [0.15, 0.2) is 48.5 Å². The second-order valence-electron chi connectivity index (χ2n) is 8.36. The summed E-state index contributed by atoms with van der Waals surface area (Å²) in [6.45, 7) is 9.59. The number of para-hydroxylation sites is 2. The number of hydrogen-bond acceptors (Lipinski definition) is 4. The van der Waals surface area contributed by atoms with Gasteiger partial charge in [-0.2, -0.15) is 0 Å². The van der Waals surface area contributed by atoms with Crippen LogP contribution in [0.25, 0.3) is 0 Å². The molecule has 0 aromatic heterocycles. The molecule has 0 unspecified atom stereocenters. The Morgan fingerprint density at radius 3 is 2.20 bits per heavy atom. The molecule has 0 bridgehead atoms. The van der Waals surface area contributed by atoms with Crippen LogP contribution in [0.1, 0.15) is 38.8 Å². The summed E-state index contributed by atoms with van der Waals surface area (Å²) < 4.78 is 11.0. The Balaban J connectivity index is 2.19. The average molecular weight is 413 g/mol. The second-order valence-corrected chi connectivity index (χ2v) is 8.36. The van der Waals surface area contributed by atoms with Crippen LogP contribution in [0.5, 0.6) is 11.5 Å². The summed E-state index contributed by atoms with van der Waals surface area (Å²) in [5.74, 6) is 0.544. The van der Waals surface area contributed by atoms with E-state index in [1.54, 1.807) is 31.1 Å². The van der Waals surface area contributed by atoms with E-state index in [2.05, 4.69) is 5.32 Å². The minimum atomic E-state index is -0.653. The summed E-state index contributed by atoms with van der Waals surface area (Å²) in [5.41, 5.74) is 1.69. The molecule has 0 aliphatic rings. The summed E-state index contributed by atoms with van der Waals surface area (Å²) >= 11 is 0. The van der Waals surface area contributed by atoms with Gasteiger partial charge in [0.1, 0.15) is 6.04 Å². The number of carbonyl (C=O) groups is 2. The number of aryl methyl sites for hydroxylation is 1. The van der Waals surface area contributed by atoms with Gasteiger partial charge in [-0.05, 0) is 52.3 Å². The molecule has 0 fully saturated rings. The molecule has 0 spiro atoms. The van der Waals surface area contributed by atoms with Crippen molar-refractivity contribution in [3.8, 4) is 11.5 Å². The predicted octanol–water partition coefficient (Wildman–Crippen LogP) is 3.71.